The first-order chi connectivity index (χ1) is 3.41. The molecule has 0 N–H and O–H groups in total. The molecule has 42 valence electrons. The molecule has 0 aliphatic carbocycles. The van der Waals surface area contributed by atoms with Crippen LogP contribution in [-0.2, 0) is 0 Å². The maximum Gasteiger partial charge on any atom is -0.0386 e. The van der Waals surface area contributed by atoms with Crippen LogP contribution in [0.2, 0.25) is 0 Å². The molecule has 0 nitrogen and oxygen atoms in total. The highest BCUT2D eigenvalue weighted by atomic mass is 13.9. The smallest absolute Gasteiger partial charge is 0.0386 e. The minimum absolute atomic E-state index is 0.986. The topological polar surface area (TPSA) is 0 Å². The monoisotopic (exact) mass is 98.1 g/mol. The van der Waals surface area contributed by atoms with Crippen LogP contribution in [0, 0.1) is 13.3 Å². The van der Waals surface area contributed by atoms with Crippen molar-refractivity contribution in [2.75, 3.05) is 0 Å². The fourth-order valence-corrected chi connectivity index (χ4v) is 0.493. The lowest BCUT2D eigenvalue weighted by atomic mass is 10.2. The summed E-state index contributed by atoms with van der Waals surface area (Å²) in [4.78, 5) is 0. The van der Waals surface area contributed by atoms with Gasteiger partial charge in [-0.05, 0) is 6.42 Å². The molecule has 0 amide bonds. The molecule has 0 unspecified atom stereocenters. The number of hydrogen-bond acceptors (Lipinski definition) is 0. The molecule has 0 heterocycles. The Morgan fingerprint density at radius 2 is 2.29 bits per heavy atom. The summed E-state index contributed by atoms with van der Waals surface area (Å²) in [5.74, 6) is 0. The van der Waals surface area contributed by atoms with Crippen molar-refractivity contribution < 1.29 is 0 Å². The first-order valence-electron chi connectivity index (χ1n) is 3.02. The Morgan fingerprint density at radius 3 is 2.71 bits per heavy atom. The van der Waals surface area contributed by atoms with Crippen LogP contribution in [0.4, 0.5) is 0 Å². The zero-order valence-corrected chi connectivity index (χ0v) is 5.11. The molecule has 0 aromatic heterocycles. The van der Waals surface area contributed by atoms with Crippen molar-refractivity contribution in [3.63, 3.8) is 0 Å². The fraction of sp³-hybridized carbons (Fsp3) is 0.714. The molecule has 0 rings (SSSR count). The highest BCUT2D eigenvalue weighted by Gasteiger charge is 1.80. The summed E-state index contributed by atoms with van der Waals surface area (Å²) in [5, 5.41) is 0. The van der Waals surface area contributed by atoms with Gasteiger partial charge in [-0.2, -0.15) is 0 Å². The van der Waals surface area contributed by atoms with Crippen LogP contribution < -0.4 is 0 Å². The van der Waals surface area contributed by atoms with Crippen LogP contribution in [0.15, 0.2) is 0 Å². The quantitative estimate of drug-likeness (QED) is 0.474. The lowest BCUT2D eigenvalue weighted by molar-refractivity contribution is 0.771. The average molecular weight is 98.2 g/mol. The van der Waals surface area contributed by atoms with E-state index in [9.17, 15) is 0 Å². The molecule has 0 saturated carbocycles. The zero-order valence-electron chi connectivity index (χ0n) is 5.11. The van der Waals surface area contributed by atoms with Crippen molar-refractivity contribution in [3.05, 3.63) is 13.3 Å². The van der Waals surface area contributed by atoms with E-state index < -0.39 is 0 Å². The van der Waals surface area contributed by atoms with Crippen molar-refractivity contribution in [1.29, 1.82) is 0 Å². The average Bonchev–Trinajstić information content (AvgIpc) is 1.69. The molecule has 0 spiro atoms. The van der Waals surface area contributed by atoms with E-state index >= 15 is 0 Å². The third-order valence-corrected chi connectivity index (χ3v) is 0.966. The highest BCUT2D eigenvalue weighted by Crippen LogP contribution is 1.98. The molecule has 0 aromatic rings. The molecular weight excluding hydrogens is 84.1 g/mol. The fourth-order valence-electron chi connectivity index (χ4n) is 0.493. The van der Waals surface area contributed by atoms with Gasteiger partial charge in [0.2, 0.25) is 0 Å². The van der Waals surface area contributed by atoms with E-state index in [2.05, 4.69) is 20.3 Å². The van der Waals surface area contributed by atoms with E-state index in [4.69, 9.17) is 0 Å². The first-order valence-corrected chi connectivity index (χ1v) is 3.02. The van der Waals surface area contributed by atoms with Gasteiger partial charge in [-0.25, -0.2) is 0 Å². The van der Waals surface area contributed by atoms with E-state index in [-0.39, 0.29) is 0 Å². The van der Waals surface area contributed by atoms with Crippen LogP contribution in [-0.4, -0.2) is 0 Å². The molecule has 2 radical (unpaired) electrons. The molecule has 0 aliphatic heterocycles. The largest absolute Gasteiger partial charge is 0.0654 e. The second-order valence-electron chi connectivity index (χ2n) is 1.72. The van der Waals surface area contributed by atoms with E-state index in [1.54, 1.807) is 0 Å². The molecule has 0 atom stereocenters. The van der Waals surface area contributed by atoms with Crippen molar-refractivity contribution in [1.82, 2.24) is 0 Å². The lowest BCUT2D eigenvalue weighted by Gasteiger charge is -1.90. The molecule has 0 fully saturated rings. The molecular formula is C7H14. The standard InChI is InChI=1S/C7H14/c1-3-5-7-6-4-2/h5H,1,3-4,6-7H2,2H3. The summed E-state index contributed by atoms with van der Waals surface area (Å²) in [7, 11) is 0. The molecule has 0 bridgehead atoms. The summed E-state index contributed by atoms with van der Waals surface area (Å²) in [6, 6.07) is 0. The minimum Gasteiger partial charge on any atom is -0.0654 e. The third kappa shape index (κ3) is 6.00. The summed E-state index contributed by atoms with van der Waals surface area (Å²) in [6.07, 6.45) is 7.09. The Labute approximate surface area is 46.9 Å². The number of rotatable bonds is 4. The molecule has 7 heavy (non-hydrogen) atoms. The van der Waals surface area contributed by atoms with Crippen LogP contribution >= 0.6 is 0 Å². The molecule has 0 aromatic carbocycles. The van der Waals surface area contributed by atoms with Gasteiger partial charge in [0, 0.05) is 0 Å². The van der Waals surface area contributed by atoms with Gasteiger partial charge >= 0.3 is 0 Å². The lowest BCUT2D eigenvalue weighted by Crippen LogP contribution is -1.72. The van der Waals surface area contributed by atoms with E-state index in [0.717, 1.165) is 6.42 Å². The number of hydrogen-bond donors (Lipinski definition) is 0. The second kappa shape index (κ2) is 6.00. The maximum atomic E-state index is 3.70. The van der Waals surface area contributed by atoms with Gasteiger partial charge in [0.05, 0.1) is 0 Å². The van der Waals surface area contributed by atoms with Gasteiger partial charge in [-0.1, -0.05) is 39.5 Å². The van der Waals surface area contributed by atoms with Crippen molar-refractivity contribution >= 4 is 0 Å². The van der Waals surface area contributed by atoms with Gasteiger partial charge in [0.15, 0.2) is 0 Å². The summed E-state index contributed by atoms with van der Waals surface area (Å²) >= 11 is 0. The maximum absolute atomic E-state index is 3.70. The van der Waals surface area contributed by atoms with Crippen LogP contribution in [0.3, 0.4) is 0 Å². The third-order valence-electron chi connectivity index (χ3n) is 0.966. The number of unbranched alkanes of at least 4 members (excludes halogenated alkanes) is 4. The van der Waals surface area contributed by atoms with Crippen molar-refractivity contribution in [2.45, 2.75) is 32.6 Å². The first kappa shape index (κ1) is 7.00. The van der Waals surface area contributed by atoms with Gasteiger partial charge in [0.1, 0.15) is 0 Å². The Hall–Kier alpha value is 0. The Kier molecular flexibility index (Phi) is 6.00. The van der Waals surface area contributed by atoms with Crippen LogP contribution in [0.1, 0.15) is 32.6 Å². The Bertz CT molecular complexity index is 19.2. The normalized spacial score (nSPS) is 9.43. The molecule has 0 saturated heterocycles. The van der Waals surface area contributed by atoms with Gasteiger partial charge < -0.3 is 0 Å². The van der Waals surface area contributed by atoms with E-state index in [1.165, 1.54) is 19.3 Å². The van der Waals surface area contributed by atoms with Crippen LogP contribution in [0.5, 0.6) is 0 Å². The summed E-state index contributed by atoms with van der Waals surface area (Å²) in [6.45, 7) is 5.91. The Balaban J connectivity index is 2.45. The van der Waals surface area contributed by atoms with Gasteiger partial charge in [0.25, 0.3) is 0 Å². The van der Waals surface area contributed by atoms with E-state index in [1.807, 2.05) is 0 Å². The SMILES string of the molecule is [CH2]C[CH]CCCC. The second-order valence-corrected chi connectivity index (χ2v) is 1.72. The van der Waals surface area contributed by atoms with Crippen molar-refractivity contribution in [2.24, 2.45) is 0 Å². The molecule has 0 aliphatic rings. The van der Waals surface area contributed by atoms with Gasteiger partial charge in [-0.15, -0.1) is 0 Å². The zero-order chi connectivity index (χ0) is 5.54. The summed E-state index contributed by atoms with van der Waals surface area (Å²) < 4.78 is 0. The predicted octanol–water partition coefficient (Wildman–Crippen LogP) is 2.61. The van der Waals surface area contributed by atoms with Crippen LogP contribution in [0.25, 0.3) is 0 Å². The predicted molar refractivity (Wildman–Crippen MR) is 33.8 cm³/mol. The highest BCUT2D eigenvalue weighted by molar-refractivity contribution is 4.63. The van der Waals surface area contributed by atoms with E-state index in [0.29, 0.717) is 0 Å². The van der Waals surface area contributed by atoms with Gasteiger partial charge in [-0.3, -0.25) is 0 Å². The Morgan fingerprint density at radius 1 is 1.57 bits per heavy atom. The summed E-state index contributed by atoms with van der Waals surface area (Å²) in [5.41, 5.74) is 0. The minimum atomic E-state index is 0.986. The molecule has 0 heteroatoms. The van der Waals surface area contributed by atoms with Crippen molar-refractivity contribution in [3.8, 4) is 0 Å².